The third-order valence-corrected chi connectivity index (χ3v) is 3.05. The molecule has 0 aliphatic carbocycles. The van der Waals surface area contributed by atoms with E-state index in [9.17, 15) is 0 Å². The van der Waals surface area contributed by atoms with Crippen LogP contribution >= 0.6 is 0 Å². The van der Waals surface area contributed by atoms with E-state index >= 15 is 0 Å². The topological polar surface area (TPSA) is 50.5 Å². The van der Waals surface area contributed by atoms with E-state index in [1.807, 2.05) is 19.1 Å². The number of ether oxygens (including phenoxy) is 1. The maximum absolute atomic E-state index is 5.70. The first-order valence-electron chi connectivity index (χ1n) is 6.24. The number of nitrogens with zero attached hydrogens (tertiary/aromatic N) is 1. The fourth-order valence-electron chi connectivity index (χ4n) is 2.14. The van der Waals surface area contributed by atoms with Crippen molar-refractivity contribution < 1.29 is 4.74 Å². The molecule has 1 aromatic rings. The highest BCUT2D eigenvalue weighted by Gasteiger charge is 2.17. The Morgan fingerprint density at radius 2 is 2.18 bits per heavy atom. The van der Waals surface area contributed by atoms with Gasteiger partial charge in [0, 0.05) is 37.9 Å². The molecule has 0 spiro atoms. The number of benzene rings is 1. The molecule has 1 unspecified atom stereocenters. The van der Waals surface area contributed by atoms with Crippen LogP contribution < -0.4 is 20.7 Å². The number of nitrogens with one attached hydrogen (secondary N) is 1. The number of rotatable bonds is 4. The fourth-order valence-corrected chi connectivity index (χ4v) is 2.14. The zero-order valence-electron chi connectivity index (χ0n) is 10.4. The monoisotopic (exact) mass is 235 g/mol. The highest BCUT2D eigenvalue weighted by Crippen LogP contribution is 2.20. The molecular formula is C13H21N3O. The maximum atomic E-state index is 5.70. The van der Waals surface area contributed by atoms with Gasteiger partial charge < -0.3 is 20.7 Å². The van der Waals surface area contributed by atoms with E-state index in [0.717, 1.165) is 25.4 Å². The molecule has 0 radical (unpaired) electrons. The van der Waals surface area contributed by atoms with Crippen molar-refractivity contribution >= 4 is 5.69 Å². The number of piperazine rings is 1. The normalized spacial score (nSPS) is 20.4. The molecular weight excluding hydrogens is 214 g/mol. The molecule has 17 heavy (non-hydrogen) atoms. The first-order valence-corrected chi connectivity index (χ1v) is 6.24. The summed E-state index contributed by atoms with van der Waals surface area (Å²) in [5, 5.41) is 3.41. The van der Waals surface area contributed by atoms with Gasteiger partial charge >= 0.3 is 0 Å². The minimum atomic E-state index is 0.398. The van der Waals surface area contributed by atoms with Crippen molar-refractivity contribution in [3.63, 3.8) is 0 Å². The summed E-state index contributed by atoms with van der Waals surface area (Å²) >= 11 is 0. The third kappa shape index (κ3) is 3.11. The van der Waals surface area contributed by atoms with Gasteiger partial charge in [-0.15, -0.1) is 0 Å². The zero-order chi connectivity index (χ0) is 12.1. The molecule has 0 bridgehead atoms. The van der Waals surface area contributed by atoms with Crippen molar-refractivity contribution in [2.24, 2.45) is 5.73 Å². The van der Waals surface area contributed by atoms with E-state index in [1.165, 1.54) is 5.69 Å². The molecule has 3 N–H and O–H groups in total. The van der Waals surface area contributed by atoms with Crippen LogP contribution in [-0.4, -0.2) is 38.8 Å². The van der Waals surface area contributed by atoms with E-state index in [-0.39, 0.29) is 0 Å². The lowest BCUT2D eigenvalue weighted by molar-refractivity contribution is 0.340. The predicted molar refractivity (Wildman–Crippen MR) is 70.7 cm³/mol. The molecule has 1 aliphatic heterocycles. The van der Waals surface area contributed by atoms with E-state index < -0.39 is 0 Å². The summed E-state index contributed by atoms with van der Waals surface area (Å²) in [6.07, 6.45) is 0. The summed E-state index contributed by atoms with van der Waals surface area (Å²) in [5.41, 5.74) is 6.94. The van der Waals surface area contributed by atoms with Gasteiger partial charge in [-0.1, -0.05) is 0 Å². The van der Waals surface area contributed by atoms with Crippen molar-refractivity contribution in [1.82, 2.24) is 5.32 Å². The van der Waals surface area contributed by atoms with E-state index in [2.05, 4.69) is 22.3 Å². The van der Waals surface area contributed by atoms with Crippen molar-refractivity contribution in [1.29, 1.82) is 0 Å². The van der Waals surface area contributed by atoms with Crippen LogP contribution in [0.25, 0.3) is 0 Å². The van der Waals surface area contributed by atoms with E-state index in [4.69, 9.17) is 10.5 Å². The third-order valence-electron chi connectivity index (χ3n) is 3.05. The average molecular weight is 235 g/mol. The summed E-state index contributed by atoms with van der Waals surface area (Å²) < 4.78 is 5.44. The van der Waals surface area contributed by atoms with Crippen LogP contribution in [0.15, 0.2) is 24.3 Å². The number of anilines is 1. The molecule has 1 atom stereocenters. The van der Waals surface area contributed by atoms with Gasteiger partial charge in [-0.05, 0) is 31.2 Å². The average Bonchev–Trinajstić information content (AvgIpc) is 2.40. The van der Waals surface area contributed by atoms with Crippen LogP contribution in [0.1, 0.15) is 6.92 Å². The number of hydrogen-bond acceptors (Lipinski definition) is 4. The Hall–Kier alpha value is -1.26. The second-order valence-electron chi connectivity index (χ2n) is 4.26. The van der Waals surface area contributed by atoms with Gasteiger partial charge in [0.15, 0.2) is 0 Å². The molecule has 0 aromatic heterocycles. The largest absolute Gasteiger partial charge is 0.494 e. The van der Waals surface area contributed by atoms with Crippen LogP contribution in [-0.2, 0) is 0 Å². The van der Waals surface area contributed by atoms with Gasteiger partial charge in [0.2, 0.25) is 0 Å². The molecule has 1 fully saturated rings. The van der Waals surface area contributed by atoms with Crippen LogP contribution in [0, 0.1) is 0 Å². The Morgan fingerprint density at radius 1 is 1.41 bits per heavy atom. The second-order valence-corrected chi connectivity index (χ2v) is 4.26. The highest BCUT2D eigenvalue weighted by atomic mass is 16.5. The standard InChI is InChI=1S/C13H21N3O/c1-2-17-13-5-3-12(4-6-13)16-8-7-15-11(9-14)10-16/h3-6,11,15H,2,7-10,14H2,1H3. The molecule has 1 heterocycles. The molecule has 1 aromatic carbocycles. The Kier molecular flexibility index (Phi) is 4.23. The van der Waals surface area contributed by atoms with Crippen LogP contribution in [0.2, 0.25) is 0 Å². The van der Waals surface area contributed by atoms with Crippen molar-refractivity contribution in [3.8, 4) is 5.75 Å². The summed E-state index contributed by atoms with van der Waals surface area (Å²) in [7, 11) is 0. The second kappa shape index (κ2) is 5.89. The fraction of sp³-hybridized carbons (Fsp3) is 0.538. The minimum absolute atomic E-state index is 0.398. The summed E-state index contributed by atoms with van der Waals surface area (Å²) in [6, 6.07) is 8.68. The lowest BCUT2D eigenvalue weighted by Gasteiger charge is -2.34. The number of nitrogens with two attached hydrogens (primary N) is 1. The predicted octanol–water partition coefficient (Wildman–Crippen LogP) is 0.822. The van der Waals surface area contributed by atoms with Gasteiger partial charge in [-0.2, -0.15) is 0 Å². The Labute approximate surface area is 103 Å². The van der Waals surface area contributed by atoms with Gasteiger partial charge in [-0.3, -0.25) is 0 Å². The van der Waals surface area contributed by atoms with Crippen LogP contribution in [0.3, 0.4) is 0 Å². The van der Waals surface area contributed by atoms with Gasteiger partial charge in [-0.25, -0.2) is 0 Å². The van der Waals surface area contributed by atoms with E-state index in [1.54, 1.807) is 0 Å². The Balaban J connectivity index is 2.01. The highest BCUT2D eigenvalue weighted by molar-refractivity contribution is 5.49. The molecule has 0 amide bonds. The quantitative estimate of drug-likeness (QED) is 0.811. The SMILES string of the molecule is CCOc1ccc(N2CCNC(CN)C2)cc1. The van der Waals surface area contributed by atoms with E-state index in [0.29, 0.717) is 19.2 Å². The molecule has 2 rings (SSSR count). The maximum Gasteiger partial charge on any atom is 0.119 e. The van der Waals surface area contributed by atoms with Crippen LogP contribution in [0.5, 0.6) is 5.75 Å². The Bertz CT molecular complexity index is 339. The molecule has 94 valence electrons. The zero-order valence-corrected chi connectivity index (χ0v) is 10.4. The van der Waals surface area contributed by atoms with Crippen molar-refractivity contribution in [2.75, 3.05) is 37.7 Å². The Morgan fingerprint density at radius 3 is 2.82 bits per heavy atom. The summed E-state index contributed by atoms with van der Waals surface area (Å²) in [4.78, 5) is 2.36. The van der Waals surface area contributed by atoms with Crippen molar-refractivity contribution in [3.05, 3.63) is 24.3 Å². The van der Waals surface area contributed by atoms with Gasteiger partial charge in [0.25, 0.3) is 0 Å². The lowest BCUT2D eigenvalue weighted by Crippen LogP contribution is -2.53. The van der Waals surface area contributed by atoms with Crippen molar-refractivity contribution in [2.45, 2.75) is 13.0 Å². The lowest BCUT2D eigenvalue weighted by atomic mass is 10.2. The molecule has 1 aliphatic rings. The summed E-state index contributed by atoms with van der Waals surface area (Å²) in [5.74, 6) is 0.932. The van der Waals surface area contributed by atoms with Gasteiger partial charge in [0.1, 0.15) is 5.75 Å². The molecule has 4 nitrogen and oxygen atoms in total. The number of hydrogen-bond donors (Lipinski definition) is 2. The molecule has 1 saturated heterocycles. The smallest absolute Gasteiger partial charge is 0.119 e. The first-order chi connectivity index (χ1) is 8.33. The minimum Gasteiger partial charge on any atom is -0.494 e. The first kappa shape index (κ1) is 12.2. The van der Waals surface area contributed by atoms with Gasteiger partial charge in [0.05, 0.1) is 6.61 Å². The molecule has 4 heteroatoms. The van der Waals surface area contributed by atoms with Crippen LogP contribution in [0.4, 0.5) is 5.69 Å². The molecule has 0 saturated carbocycles. The summed E-state index contributed by atoms with van der Waals surface area (Å²) in [6.45, 7) is 6.40.